The van der Waals surface area contributed by atoms with Crippen LogP contribution in [-0.4, -0.2) is 22.9 Å². The topological polar surface area (TPSA) is 73.2 Å². The van der Waals surface area contributed by atoms with Gasteiger partial charge in [0.15, 0.2) is 0 Å². The first-order valence-electron chi connectivity index (χ1n) is 9.33. The third-order valence-electron chi connectivity index (χ3n) is 4.57. The number of hydrogen-bond donors (Lipinski definition) is 1. The zero-order valence-electron chi connectivity index (χ0n) is 16.3. The fourth-order valence-corrected chi connectivity index (χ4v) is 3.31. The van der Waals surface area contributed by atoms with E-state index in [0.29, 0.717) is 11.4 Å². The second kappa shape index (κ2) is 9.39. The number of benzene rings is 2. The first-order valence-corrected chi connectivity index (χ1v) is 9.71. The first kappa shape index (κ1) is 20.6. The van der Waals surface area contributed by atoms with Crippen molar-refractivity contribution < 1.29 is 9.53 Å². The summed E-state index contributed by atoms with van der Waals surface area (Å²) in [6, 6.07) is 16.6. The molecule has 7 heteroatoms. The van der Waals surface area contributed by atoms with Crippen LogP contribution in [0.1, 0.15) is 41.7 Å². The largest absolute Gasteiger partial charge is 0.465 e. The predicted octanol–water partition coefficient (Wildman–Crippen LogP) is 4.63. The van der Waals surface area contributed by atoms with E-state index in [2.05, 4.69) is 17.3 Å². The Labute approximate surface area is 174 Å². The number of carbonyl (C=O) groups excluding carboxylic acids is 1. The van der Waals surface area contributed by atoms with E-state index in [-0.39, 0.29) is 16.6 Å². The first-order chi connectivity index (χ1) is 14.1. The zero-order chi connectivity index (χ0) is 20.8. The summed E-state index contributed by atoms with van der Waals surface area (Å²) in [5.41, 5.74) is 1.58. The minimum Gasteiger partial charge on any atom is -0.465 e. The lowest BCUT2D eigenvalue weighted by atomic mass is 10.0. The Morgan fingerprint density at radius 1 is 1.17 bits per heavy atom. The summed E-state index contributed by atoms with van der Waals surface area (Å²) in [7, 11) is 1.28. The van der Waals surface area contributed by atoms with Gasteiger partial charge >= 0.3 is 5.97 Å². The van der Waals surface area contributed by atoms with Crippen LogP contribution in [-0.2, 0) is 4.74 Å². The molecule has 29 heavy (non-hydrogen) atoms. The summed E-state index contributed by atoms with van der Waals surface area (Å²) < 4.78 is 5.90. The van der Waals surface area contributed by atoms with Gasteiger partial charge < -0.3 is 10.1 Å². The lowest BCUT2D eigenvalue weighted by Gasteiger charge is -2.20. The lowest BCUT2D eigenvalue weighted by Crippen LogP contribution is -2.25. The van der Waals surface area contributed by atoms with E-state index in [9.17, 15) is 9.59 Å². The standard InChI is InChI=1S/C22H22ClN3O3/c1-3-9-17(15-10-5-4-6-11-15)25-18-14-24-26(21(27)20(18)23)19-13-8-7-12-16(19)22(28)29-2/h4-8,10-14,17,25H,3,9H2,1-2H3. The molecule has 0 aliphatic heterocycles. The molecule has 3 aromatic rings. The van der Waals surface area contributed by atoms with Gasteiger partial charge in [-0.15, -0.1) is 0 Å². The van der Waals surface area contributed by atoms with Gasteiger partial charge in [-0.25, -0.2) is 4.79 Å². The fraction of sp³-hybridized carbons (Fsp3) is 0.227. The third kappa shape index (κ3) is 4.49. The smallest absolute Gasteiger partial charge is 0.340 e. The molecule has 3 rings (SSSR count). The van der Waals surface area contributed by atoms with Gasteiger partial charge in [0.2, 0.25) is 0 Å². The second-order valence-electron chi connectivity index (χ2n) is 6.49. The maximum atomic E-state index is 12.9. The number of carbonyl (C=O) groups is 1. The van der Waals surface area contributed by atoms with Crippen molar-refractivity contribution in [1.29, 1.82) is 0 Å². The predicted molar refractivity (Wildman–Crippen MR) is 114 cm³/mol. The Kier molecular flexibility index (Phi) is 6.67. The van der Waals surface area contributed by atoms with E-state index in [1.165, 1.54) is 13.3 Å². The third-order valence-corrected chi connectivity index (χ3v) is 4.93. The molecule has 150 valence electrons. The van der Waals surface area contributed by atoms with Gasteiger partial charge in [-0.05, 0) is 24.1 Å². The van der Waals surface area contributed by atoms with Crippen LogP contribution in [0.3, 0.4) is 0 Å². The summed E-state index contributed by atoms with van der Waals surface area (Å²) in [5, 5.41) is 7.59. The number of halogens is 1. The summed E-state index contributed by atoms with van der Waals surface area (Å²) in [6.45, 7) is 2.10. The van der Waals surface area contributed by atoms with Crippen molar-refractivity contribution in [2.75, 3.05) is 12.4 Å². The highest BCUT2D eigenvalue weighted by atomic mass is 35.5. The molecule has 0 aliphatic rings. The molecule has 0 aliphatic carbocycles. The number of esters is 1. The van der Waals surface area contributed by atoms with Gasteiger partial charge in [-0.2, -0.15) is 9.78 Å². The normalized spacial score (nSPS) is 11.7. The molecule has 1 N–H and O–H groups in total. The van der Waals surface area contributed by atoms with Gasteiger partial charge in [0.1, 0.15) is 5.02 Å². The van der Waals surface area contributed by atoms with Crippen molar-refractivity contribution in [1.82, 2.24) is 9.78 Å². The van der Waals surface area contributed by atoms with Crippen LogP contribution in [0.2, 0.25) is 5.02 Å². The molecule has 0 radical (unpaired) electrons. The molecule has 6 nitrogen and oxygen atoms in total. The molecule has 0 amide bonds. The highest BCUT2D eigenvalue weighted by Gasteiger charge is 2.19. The summed E-state index contributed by atoms with van der Waals surface area (Å²) >= 11 is 6.39. The number of anilines is 1. The Bertz CT molecular complexity index is 1050. The molecule has 0 saturated carbocycles. The van der Waals surface area contributed by atoms with Crippen LogP contribution in [0, 0.1) is 0 Å². The van der Waals surface area contributed by atoms with Crippen LogP contribution in [0.4, 0.5) is 5.69 Å². The van der Waals surface area contributed by atoms with Crippen LogP contribution in [0.25, 0.3) is 5.69 Å². The lowest BCUT2D eigenvalue weighted by molar-refractivity contribution is 0.0600. The van der Waals surface area contributed by atoms with Crippen molar-refractivity contribution >= 4 is 23.3 Å². The average molecular weight is 412 g/mol. The van der Waals surface area contributed by atoms with Crippen molar-refractivity contribution in [2.24, 2.45) is 0 Å². The number of ether oxygens (including phenoxy) is 1. The maximum Gasteiger partial charge on any atom is 0.340 e. The highest BCUT2D eigenvalue weighted by Crippen LogP contribution is 2.27. The van der Waals surface area contributed by atoms with Crippen LogP contribution >= 0.6 is 11.6 Å². The molecule has 0 saturated heterocycles. The summed E-state index contributed by atoms with van der Waals surface area (Å²) in [6.07, 6.45) is 3.33. The monoisotopic (exact) mass is 411 g/mol. The van der Waals surface area contributed by atoms with Gasteiger partial charge in [0, 0.05) is 0 Å². The number of hydrogen-bond acceptors (Lipinski definition) is 5. The van der Waals surface area contributed by atoms with Crippen LogP contribution < -0.4 is 10.9 Å². The van der Waals surface area contributed by atoms with Crippen molar-refractivity contribution in [2.45, 2.75) is 25.8 Å². The van der Waals surface area contributed by atoms with E-state index < -0.39 is 11.5 Å². The van der Waals surface area contributed by atoms with E-state index in [1.54, 1.807) is 24.3 Å². The molecule has 0 spiro atoms. The summed E-state index contributed by atoms with van der Waals surface area (Å²) in [5.74, 6) is -0.556. The van der Waals surface area contributed by atoms with Gasteiger partial charge in [-0.1, -0.05) is 67.4 Å². The van der Waals surface area contributed by atoms with Gasteiger partial charge in [-0.3, -0.25) is 4.79 Å². The highest BCUT2D eigenvalue weighted by molar-refractivity contribution is 6.33. The van der Waals surface area contributed by atoms with E-state index in [4.69, 9.17) is 16.3 Å². The Morgan fingerprint density at radius 3 is 2.55 bits per heavy atom. The van der Waals surface area contributed by atoms with Crippen LogP contribution in [0.5, 0.6) is 0 Å². The van der Waals surface area contributed by atoms with E-state index >= 15 is 0 Å². The van der Waals surface area contributed by atoms with Crippen LogP contribution in [0.15, 0.2) is 65.6 Å². The van der Waals surface area contributed by atoms with E-state index in [1.807, 2.05) is 30.3 Å². The zero-order valence-corrected chi connectivity index (χ0v) is 17.0. The molecular weight excluding hydrogens is 390 g/mol. The molecule has 1 atom stereocenters. The minimum atomic E-state index is -0.556. The fourth-order valence-electron chi connectivity index (χ4n) is 3.13. The number of rotatable bonds is 7. The molecule has 0 fully saturated rings. The Balaban J connectivity index is 1.99. The van der Waals surface area contributed by atoms with Gasteiger partial charge in [0.25, 0.3) is 5.56 Å². The number of aromatic nitrogens is 2. The van der Waals surface area contributed by atoms with E-state index in [0.717, 1.165) is 23.1 Å². The number of methoxy groups -OCH3 is 1. The Hall–Kier alpha value is -3.12. The molecule has 1 unspecified atom stereocenters. The molecule has 0 bridgehead atoms. The molecule has 2 aromatic carbocycles. The maximum absolute atomic E-state index is 12.9. The van der Waals surface area contributed by atoms with Crippen molar-refractivity contribution in [3.63, 3.8) is 0 Å². The average Bonchev–Trinajstić information content (AvgIpc) is 2.76. The van der Waals surface area contributed by atoms with Crippen molar-refractivity contribution in [3.8, 4) is 5.69 Å². The minimum absolute atomic E-state index is 0.00175. The SMILES string of the molecule is CCCC(Nc1cnn(-c2ccccc2C(=O)OC)c(=O)c1Cl)c1ccccc1. The molecular formula is C22H22ClN3O3. The number of para-hydroxylation sites is 1. The quantitative estimate of drug-likeness (QED) is 0.574. The Morgan fingerprint density at radius 2 is 1.86 bits per heavy atom. The van der Waals surface area contributed by atoms with Crippen molar-refractivity contribution in [3.05, 3.63) is 87.3 Å². The van der Waals surface area contributed by atoms with Gasteiger partial charge in [0.05, 0.1) is 36.3 Å². The molecule has 1 aromatic heterocycles. The second-order valence-corrected chi connectivity index (χ2v) is 6.87. The molecule has 1 heterocycles. The summed E-state index contributed by atoms with van der Waals surface area (Å²) in [4.78, 5) is 24.9. The number of nitrogens with zero attached hydrogens (tertiary/aromatic N) is 2. The number of nitrogens with one attached hydrogen (secondary N) is 1.